The molecule has 0 bridgehead atoms. The monoisotopic (exact) mass is 262 g/mol. The van der Waals surface area contributed by atoms with Crippen LogP contribution < -0.4 is 0 Å². The van der Waals surface area contributed by atoms with Crippen LogP contribution in [0.4, 0.5) is 9.59 Å². The fourth-order valence-corrected chi connectivity index (χ4v) is 1.77. The van der Waals surface area contributed by atoms with Crippen LogP contribution >= 0.6 is 11.6 Å². The zero-order valence-electron chi connectivity index (χ0n) is 10.3. The van der Waals surface area contributed by atoms with Crippen LogP contribution in [0.2, 0.25) is 0 Å². The van der Waals surface area contributed by atoms with E-state index in [0.29, 0.717) is 38.7 Å². The van der Waals surface area contributed by atoms with Gasteiger partial charge in [-0.15, -0.1) is 0 Å². The summed E-state index contributed by atoms with van der Waals surface area (Å²) < 4.78 is 5.14. The van der Waals surface area contributed by atoms with Gasteiger partial charge in [-0.1, -0.05) is 13.8 Å². The van der Waals surface area contributed by atoms with Crippen LogP contribution in [0, 0.1) is 5.92 Å². The normalized spacial score (nSPS) is 16.9. The highest BCUT2D eigenvalue weighted by Crippen LogP contribution is 2.07. The second kappa shape index (κ2) is 6.69. The van der Waals surface area contributed by atoms with E-state index in [-0.39, 0.29) is 6.09 Å². The van der Waals surface area contributed by atoms with Crippen LogP contribution in [0.25, 0.3) is 0 Å². The van der Waals surface area contributed by atoms with E-state index in [2.05, 4.69) is 0 Å². The minimum Gasteiger partial charge on any atom is -0.449 e. The van der Waals surface area contributed by atoms with Gasteiger partial charge in [-0.05, 0) is 23.9 Å². The van der Waals surface area contributed by atoms with Gasteiger partial charge in [0.2, 0.25) is 0 Å². The van der Waals surface area contributed by atoms with E-state index in [1.807, 2.05) is 13.8 Å². The van der Waals surface area contributed by atoms with Crippen molar-refractivity contribution in [3.63, 3.8) is 0 Å². The minimum atomic E-state index is -0.456. The Morgan fingerprint density at radius 2 is 1.76 bits per heavy atom. The van der Waals surface area contributed by atoms with Gasteiger partial charge in [0.15, 0.2) is 0 Å². The first-order chi connectivity index (χ1) is 8.00. The number of ether oxygens (including phenoxy) is 1. The average Bonchev–Trinajstić information content (AvgIpc) is 2.51. The van der Waals surface area contributed by atoms with Crippen molar-refractivity contribution in [1.82, 2.24) is 9.80 Å². The second-order valence-electron chi connectivity index (χ2n) is 4.55. The molecular weight excluding hydrogens is 244 g/mol. The van der Waals surface area contributed by atoms with Gasteiger partial charge >= 0.3 is 11.5 Å². The summed E-state index contributed by atoms with van der Waals surface area (Å²) >= 11 is 5.41. The van der Waals surface area contributed by atoms with Crippen LogP contribution in [0.5, 0.6) is 0 Å². The smallest absolute Gasteiger partial charge is 0.409 e. The maximum atomic E-state index is 11.7. The number of hydrogen-bond acceptors (Lipinski definition) is 3. The van der Waals surface area contributed by atoms with Crippen LogP contribution in [0.15, 0.2) is 0 Å². The molecule has 0 N–H and O–H groups in total. The van der Waals surface area contributed by atoms with Gasteiger partial charge in [-0.3, -0.25) is 4.79 Å². The molecule has 0 atom stereocenters. The van der Waals surface area contributed by atoms with Gasteiger partial charge in [0.25, 0.3) is 0 Å². The van der Waals surface area contributed by atoms with Crippen LogP contribution in [0.3, 0.4) is 0 Å². The third kappa shape index (κ3) is 4.81. The molecule has 1 aliphatic heterocycles. The van der Waals surface area contributed by atoms with E-state index in [9.17, 15) is 9.59 Å². The Bertz CT molecular complexity index is 284. The quantitative estimate of drug-likeness (QED) is 0.566. The molecule has 1 heterocycles. The van der Waals surface area contributed by atoms with Gasteiger partial charge in [-0.25, -0.2) is 4.79 Å². The Hall–Kier alpha value is -0.970. The van der Waals surface area contributed by atoms with Crippen molar-refractivity contribution < 1.29 is 14.3 Å². The Balaban J connectivity index is 2.40. The fourth-order valence-electron chi connectivity index (χ4n) is 1.61. The number of carbonyl (C=O) groups excluding carboxylic acids is 2. The molecule has 0 aromatic carbocycles. The van der Waals surface area contributed by atoms with Crippen LogP contribution in [0.1, 0.15) is 20.3 Å². The molecule has 1 saturated heterocycles. The summed E-state index contributed by atoms with van der Waals surface area (Å²) in [6, 6.07) is 0. The van der Waals surface area contributed by atoms with Crippen molar-refractivity contribution in [2.24, 2.45) is 5.92 Å². The molecule has 0 aromatic heterocycles. The third-order valence-corrected chi connectivity index (χ3v) is 2.78. The van der Waals surface area contributed by atoms with Crippen molar-refractivity contribution >= 4 is 23.1 Å². The maximum absolute atomic E-state index is 11.7. The Kier molecular flexibility index (Phi) is 5.55. The van der Waals surface area contributed by atoms with Gasteiger partial charge < -0.3 is 14.5 Å². The lowest BCUT2D eigenvalue weighted by Gasteiger charge is -2.20. The number of amides is 2. The molecule has 98 valence electrons. The average molecular weight is 263 g/mol. The zero-order valence-corrected chi connectivity index (χ0v) is 11.1. The summed E-state index contributed by atoms with van der Waals surface area (Å²) in [5, 5.41) is -0.456. The lowest BCUT2D eigenvalue weighted by atomic mass is 10.2. The Labute approximate surface area is 107 Å². The SMILES string of the molecule is CC(C)COC(=O)N1CCCN(C(=O)Cl)CC1. The van der Waals surface area contributed by atoms with Crippen molar-refractivity contribution in [1.29, 1.82) is 0 Å². The van der Waals surface area contributed by atoms with Crippen LogP contribution in [-0.4, -0.2) is 54.0 Å². The summed E-state index contributed by atoms with van der Waals surface area (Å²) in [5.74, 6) is 0.326. The number of carbonyl (C=O) groups is 2. The summed E-state index contributed by atoms with van der Waals surface area (Å²) in [5.41, 5.74) is 0. The van der Waals surface area contributed by atoms with E-state index >= 15 is 0 Å². The van der Waals surface area contributed by atoms with Gasteiger partial charge in [-0.2, -0.15) is 0 Å². The number of rotatable bonds is 2. The summed E-state index contributed by atoms with van der Waals surface area (Å²) in [6.45, 7) is 6.56. The summed E-state index contributed by atoms with van der Waals surface area (Å²) in [4.78, 5) is 25.9. The van der Waals surface area contributed by atoms with E-state index in [1.165, 1.54) is 4.90 Å². The zero-order chi connectivity index (χ0) is 12.8. The molecule has 0 aliphatic carbocycles. The topological polar surface area (TPSA) is 49.9 Å². The maximum Gasteiger partial charge on any atom is 0.409 e. The molecule has 0 aromatic rings. The van der Waals surface area contributed by atoms with Crippen molar-refractivity contribution in [2.75, 3.05) is 32.8 Å². The lowest BCUT2D eigenvalue weighted by Crippen LogP contribution is -2.36. The van der Waals surface area contributed by atoms with E-state index in [4.69, 9.17) is 16.3 Å². The molecule has 5 nitrogen and oxygen atoms in total. The highest BCUT2D eigenvalue weighted by atomic mass is 35.5. The highest BCUT2D eigenvalue weighted by Gasteiger charge is 2.21. The molecule has 0 radical (unpaired) electrons. The number of nitrogens with zero attached hydrogens (tertiary/aromatic N) is 2. The van der Waals surface area contributed by atoms with Crippen LogP contribution in [-0.2, 0) is 4.74 Å². The van der Waals surface area contributed by atoms with Crippen molar-refractivity contribution in [3.05, 3.63) is 0 Å². The highest BCUT2D eigenvalue weighted by molar-refractivity contribution is 6.62. The number of hydrogen-bond donors (Lipinski definition) is 0. The predicted octanol–water partition coefficient (Wildman–Crippen LogP) is 2.15. The van der Waals surface area contributed by atoms with Gasteiger partial charge in [0.05, 0.1) is 6.61 Å². The van der Waals surface area contributed by atoms with Crippen molar-refractivity contribution in [3.8, 4) is 0 Å². The molecule has 2 amide bonds. The molecule has 1 aliphatic rings. The first-order valence-corrected chi connectivity index (χ1v) is 6.24. The van der Waals surface area contributed by atoms with E-state index < -0.39 is 5.37 Å². The molecule has 0 unspecified atom stereocenters. The Morgan fingerprint density at radius 1 is 1.18 bits per heavy atom. The molecule has 0 spiro atoms. The second-order valence-corrected chi connectivity index (χ2v) is 4.87. The molecule has 0 saturated carbocycles. The lowest BCUT2D eigenvalue weighted by molar-refractivity contribution is 0.0934. The standard InChI is InChI=1S/C11H19ClN2O3/c1-9(2)8-17-11(16)14-5-3-4-13(6-7-14)10(12)15/h9H,3-8H2,1-2H3. The van der Waals surface area contributed by atoms with E-state index in [1.54, 1.807) is 4.90 Å². The largest absolute Gasteiger partial charge is 0.449 e. The van der Waals surface area contributed by atoms with E-state index in [0.717, 1.165) is 6.42 Å². The molecule has 17 heavy (non-hydrogen) atoms. The first-order valence-electron chi connectivity index (χ1n) is 5.87. The first kappa shape index (κ1) is 14.1. The molecule has 1 fully saturated rings. The van der Waals surface area contributed by atoms with Gasteiger partial charge in [0, 0.05) is 26.2 Å². The molecular formula is C11H19ClN2O3. The van der Waals surface area contributed by atoms with Crippen molar-refractivity contribution in [2.45, 2.75) is 20.3 Å². The Morgan fingerprint density at radius 3 is 2.35 bits per heavy atom. The molecule has 1 rings (SSSR count). The third-order valence-electron chi connectivity index (χ3n) is 2.54. The molecule has 6 heteroatoms. The summed E-state index contributed by atoms with van der Waals surface area (Å²) in [6.07, 6.45) is 0.428. The summed E-state index contributed by atoms with van der Waals surface area (Å²) in [7, 11) is 0. The predicted molar refractivity (Wildman–Crippen MR) is 65.2 cm³/mol. The number of halogens is 1. The minimum absolute atomic E-state index is 0.303. The fraction of sp³-hybridized carbons (Fsp3) is 0.818. The van der Waals surface area contributed by atoms with Gasteiger partial charge in [0.1, 0.15) is 0 Å².